The van der Waals surface area contributed by atoms with E-state index in [2.05, 4.69) is 13.0 Å². The van der Waals surface area contributed by atoms with Crippen LogP contribution in [-0.2, 0) is 17.9 Å². The Bertz CT molecular complexity index is 973. The van der Waals surface area contributed by atoms with Gasteiger partial charge in [0.25, 0.3) is 5.56 Å². The Balaban J connectivity index is 2.41. The lowest BCUT2D eigenvalue weighted by atomic mass is 9.95. The molecule has 1 heterocycles. The molecule has 3 rings (SSSR count). The molecule has 0 fully saturated rings. The van der Waals surface area contributed by atoms with Crippen LogP contribution in [-0.4, -0.2) is 13.3 Å². The molecule has 0 aliphatic carbocycles. The average molecular weight is 321 g/mol. The highest BCUT2D eigenvalue weighted by atomic mass is 28.3. The van der Waals surface area contributed by atoms with Crippen molar-refractivity contribution in [2.45, 2.75) is 19.9 Å². The van der Waals surface area contributed by atoms with E-state index in [0.29, 0.717) is 5.39 Å². The Morgan fingerprint density at radius 2 is 1.74 bits per heavy atom. The molecule has 4 heteroatoms. The summed E-state index contributed by atoms with van der Waals surface area (Å²) in [6.07, 6.45) is 2.77. The van der Waals surface area contributed by atoms with Crippen LogP contribution in [0, 0.1) is 0 Å². The van der Waals surface area contributed by atoms with Gasteiger partial charge in [0.1, 0.15) is 0 Å². The molecule has 0 aliphatic heterocycles. The van der Waals surface area contributed by atoms with Crippen LogP contribution in [0.5, 0.6) is 0 Å². The van der Waals surface area contributed by atoms with Gasteiger partial charge in [0.15, 0.2) is 0 Å². The Hall–Kier alpha value is -2.33. The monoisotopic (exact) mass is 321 g/mol. The summed E-state index contributed by atoms with van der Waals surface area (Å²) in [5.74, 6) is 0. The zero-order valence-electron chi connectivity index (χ0n) is 13.6. The summed E-state index contributed by atoms with van der Waals surface area (Å²) in [4.78, 5) is 12.4. The average Bonchev–Trinajstić information content (AvgIpc) is 2.57. The summed E-state index contributed by atoms with van der Waals surface area (Å²) >= 11 is 0. The van der Waals surface area contributed by atoms with E-state index in [4.69, 9.17) is 0 Å². The highest BCUT2D eigenvalue weighted by Gasteiger charge is 2.13. The van der Waals surface area contributed by atoms with Gasteiger partial charge < -0.3 is 9.03 Å². The molecule has 0 amide bonds. The van der Waals surface area contributed by atoms with Crippen molar-refractivity contribution in [2.75, 3.05) is 0 Å². The molecule has 0 radical (unpaired) electrons. The maximum absolute atomic E-state index is 12.4. The quantitative estimate of drug-likeness (QED) is 0.696. The van der Waals surface area contributed by atoms with E-state index in [9.17, 15) is 9.26 Å². The fourth-order valence-corrected chi connectivity index (χ4v) is 3.65. The minimum atomic E-state index is -1.76. The predicted molar refractivity (Wildman–Crippen MR) is 95.9 cm³/mol. The lowest BCUT2D eigenvalue weighted by Gasteiger charge is -2.14. The number of aromatic nitrogens is 1. The molecule has 0 aliphatic rings. The first kappa shape index (κ1) is 15.6. The molecule has 0 bridgehead atoms. The summed E-state index contributed by atoms with van der Waals surface area (Å²) in [6, 6.07) is 13.7. The van der Waals surface area contributed by atoms with Crippen LogP contribution in [0.2, 0.25) is 6.55 Å². The fourth-order valence-electron chi connectivity index (χ4n) is 2.99. The molecule has 1 aromatic heterocycles. The van der Waals surface area contributed by atoms with Gasteiger partial charge in [-0.15, -0.1) is 0 Å². The normalized spacial score (nSPS) is 10.9. The van der Waals surface area contributed by atoms with Crippen molar-refractivity contribution < 1.29 is 4.46 Å². The van der Waals surface area contributed by atoms with Crippen molar-refractivity contribution in [1.29, 1.82) is 0 Å². The molecule has 116 valence electrons. The lowest BCUT2D eigenvalue weighted by Crippen LogP contribution is -2.19. The third kappa shape index (κ3) is 2.70. The van der Waals surface area contributed by atoms with Gasteiger partial charge in [0, 0.05) is 24.2 Å². The van der Waals surface area contributed by atoms with Gasteiger partial charge in [0.05, 0.1) is 0 Å². The van der Waals surface area contributed by atoms with Crippen molar-refractivity contribution in [1.82, 2.24) is 4.57 Å². The maximum atomic E-state index is 12.4. The molecule has 0 N–H and O–H groups in total. The molecule has 0 atom stereocenters. The van der Waals surface area contributed by atoms with Crippen LogP contribution in [0.3, 0.4) is 0 Å². The Morgan fingerprint density at radius 3 is 2.39 bits per heavy atom. The van der Waals surface area contributed by atoms with Crippen LogP contribution in [0.25, 0.3) is 21.9 Å². The van der Waals surface area contributed by atoms with Gasteiger partial charge >= 0.3 is 8.68 Å². The molecule has 0 unspecified atom stereocenters. The van der Waals surface area contributed by atoms with Crippen molar-refractivity contribution in [3.05, 3.63) is 64.6 Å². The largest absolute Gasteiger partial charge is 0.383 e. The summed E-state index contributed by atoms with van der Waals surface area (Å²) in [5.41, 5.74) is 3.28. The summed E-state index contributed by atoms with van der Waals surface area (Å²) in [6.45, 7) is 3.87. The van der Waals surface area contributed by atoms with Crippen molar-refractivity contribution >= 4 is 24.6 Å². The molecule has 23 heavy (non-hydrogen) atoms. The third-order valence-electron chi connectivity index (χ3n) is 4.28. The highest BCUT2D eigenvalue weighted by molar-refractivity contribution is 6.58. The smallest absolute Gasteiger partial charge is 0.308 e. The van der Waals surface area contributed by atoms with Gasteiger partial charge in [-0.1, -0.05) is 37.3 Å². The first-order chi connectivity index (χ1) is 11.0. The Labute approximate surface area is 136 Å². The fraction of sp³-hybridized carbons (Fsp3) is 0.211. The van der Waals surface area contributed by atoms with Crippen molar-refractivity contribution in [3.8, 4) is 11.1 Å². The number of hydrogen-bond acceptors (Lipinski definition) is 2. The second-order valence-electron chi connectivity index (χ2n) is 5.79. The molecule has 0 saturated carbocycles. The summed E-state index contributed by atoms with van der Waals surface area (Å²) in [7, 11) is 0.0191. The molecular weight excluding hydrogens is 302 g/mol. The number of fused-ring (bicyclic) bond motifs is 1. The summed E-state index contributed by atoms with van der Waals surface area (Å²) in [5, 5.41) is 2.53. The minimum absolute atomic E-state index is 0.00243. The molecule has 0 saturated heterocycles. The number of nitrogens with zero attached hydrogens (tertiary/aromatic N) is 1. The van der Waals surface area contributed by atoms with E-state index >= 15 is 0 Å². The van der Waals surface area contributed by atoms with Gasteiger partial charge in [-0.3, -0.25) is 4.79 Å². The molecule has 0 spiro atoms. The summed E-state index contributed by atoms with van der Waals surface area (Å²) < 4.78 is 13.6. The Morgan fingerprint density at radius 1 is 1.04 bits per heavy atom. The van der Waals surface area contributed by atoms with Gasteiger partial charge in [0.2, 0.25) is 0 Å². The predicted octanol–water partition coefficient (Wildman–Crippen LogP) is 3.03. The Kier molecular flexibility index (Phi) is 4.09. The number of hydrogen-bond donors (Lipinski definition) is 0. The zero-order chi connectivity index (χ0) is 16.6. The molecule has 2 aromatic carbocycles. The molecule has 3 nitrogen and oxygen atoms in total. The van der Waals surface area contributed by atoms with Gasteiger partial charge in [-0.2, -0.15) is 0 Å². The van der Waals surface area contributed by atoms with E-state index in [1.165, 1.54) is 5.56 Å². The molecular formula is C19H19NO2Si. The van der Waals surface area contributed by atoms with Crippen LogP contribution in [0.4, 0.5) is 0 Å². The van der Waals surface area contributed by atoms with Crippen LogP contribution in [0.15, 0.2) is 53.5 Å². The van der Waals surface area contributed by atoms with Gasteiger partial charge in [-0.25, -0.2) is 0 Å². The van der Waals surface area contributed by atoms with E-state index in [0.717, 1.165) is 28.1 Å². The second-order valence-corrected chi connectivity index (χ2v) is 7.48. The van der Waals surface area contributed by atoms with Gasteiger partial charge in [-0.05, 0) is 46.8 Å². The van der Waals surface area contributed by atoms with Crippen LogP contribution < -0.4 is 10.7 Å². The minimum Gasteiger partial charge on any atom is -0.383 e. The van der Waals surface area contributed by atoms with E-state index in [1.54, 1.807) is 18.2 Å². The zero-order valence-corrected chi connectivity index (χ0v) is 14.6. The number of rotatable bonds is 3. The number of pyridine rings is 1. The van der Waals surface area contributed by atoms with Crippen molar-refractivity contribution in [2.24, 2.45) is 7.05 Å². The molecule has 3 aromatic rings. The standard InChI is InChI=1S/C19H19NO2Si/c1-4-13-9-10-14(23(3)22)11-17(13)18-12-20(2)19(21)16-8-6-5-7-15(16)18/h5-12H,4H2,1-3H3. The SMILES string of the molecule is CCc1ccc([Si](C)=O)cc1-c1cn(C)c(=O)c2ccccc12. The van der Waals surface area contributed by atoms with E-state index in [-0.39, 0.29) is 5.56 Å². The second kappa shape index (κ2) is 6.05. The first-order valence-corrected chi connectivity index (χ1v) is 9.66. The first-order valence-electron chi connectivity index (χ1n) is 7.75. The van der Waals surface area contributed by atoms with Crippen molar-refractivity contribution in [3.63, 3.8) is 0 Å². The van der Waals surface area contributed by atoms with E-state index in [1.807, 2.05) is 42.6 Å². The topological polar surface area (TPSA) is 39.1 Å². The number of benzene rings is 2. The highest BCUT2D eigenvalue weighted by Crippen LogP contribution is 2.29. The lowest BCUT2D eigenvalue weighted by molar-refractivity contribution is 0.572. The maximum Gasteiger partial charge on any atom is 0.308 e. The van der Waals surface area contributed by atoms with E-state index < -0.39 is 8.68 Å². The third-order valence-corrected chi connectivity index (χ3v) is 5.40. The van der Waals surface area contributed by atoms with Crippen LogP contribution >= 0.6 is 0 Å². The van der Waals surface area contributed by atoms with Crippen LogP contribution in [0.1, 0.15) is 12.5 Å². The number of aryl methyl sites for hydroxylation is 2.